The number of piperazine rings is 1. The lowest BCUT2D eigenvalue weighted by molar-refractivity contribution is -0.120. The van der Waals surface area contributed by atoms with Gasteiger partial charge in [0, 0.05) is 44.5 Å². The van der Waals surface area contributed by atoms with Crippen molar-refractivity contribution in [1.29, 1.82) is 0 Å². The van der Waals surface area contributed by atoms with Gasteiger partial charge in [-0.1, -0.05) is 38.5 Å². The predicted octanol–water partition coefficient (Wildman–Crippen LogP) is 3.15. The van der Waals surface area contributed by atoms with Crippen molar-refractivity contribution in [3.05, 3.63) is 58.8 Å². The molecular formula is C25H32N4O2. The maximum absolute atomic E-state index is 13.0. The average Bonchev–Trinajstić information content (AvgIpc) is 3.12. The van der Waals surface area contributed by atoms with Crippen molar-refractivity contribution in [1.82, 2.24) is 15.2 Å². The number of benzene rings is 1. The van der Waals surface area contributed by atoms with Gasteiger partial charge in [0.1, 0.15) is 5.82 Å². The summed E-state index contributed by atoms with van der Waals surface area (Å²) in [5.74, 6) is 1.31. The van der Waals surface area contributed by atoms with E-state index in [0.717, 1.165) is 37.3 Å². The van der Waals surface area contributed by atoms with Gasteiger partial charge in [-0.05, 0) is 48.1 Å². The van der Waals surface area contributed by atoms with Gasteiger partial charge in [-0.25, -0.2) is 4.98 Å². The molecule has 1 unspecified atom stereocenters. The topological polar surface area (TPSA) is 65.5 Å². The maximum Gasteiger partial charge on any atom is 0.253 e. The number of hydrogen-bond acceptors (Lipinski definition) is 4. The van der Waals surface area contributed by atoms with Crippen molar-refractivity contribution in [2.24, 2.45) is 5.92 Å². The second-order valence-electron chi connectivity index (χ2n) is 8.84. The van der Waals surface area contributed by atoms with Gasteiger partial charge in [-0.15, -0.1) is 0 Å². The Morgan fingerprint density at radius 2 is 1.87 bits per heavy atom. The molecule has 2 fully saturated rings. The molecule has 0 aliphatic carbocycles. The van der Waals surface area contributed by atoms with Crippen molar-refractivity contribution in [2.45, 2.75) is 39.5 Å². The van der Waals surface area contributed by atoms with Crippen LogP contribution in [0.15, 0.2) is 36.5 Å². The number of amides is 2. The van der Waals surface area contributed by atoms with E-state index in [2.05, 4.69) is 37.1 Å². The third kappa shape index (κ3) is 4.43. The van der Waals surface area contributed by atoms with E-state index in [9.17, 15) is 9.59 Å². The highest BCUT2D eigenvalue weighted by Crippen LogP contribution is 2.29. The third-order valence-corrected chi connectivity index (χ3v) is 6.48. The first-order valence-corrected chi connectivity index (χ1v) is 11.4. The summed E-state index contributed by atoms with van der Waals surface area (Å²) in [7, 11) is 0. The summed E-state index contributed by atoms with van der Waals surface area (Å²) >= 11 is 0. The van der Waals surface area contributed by atoms with E-state index in [1.54, 1.807) is 0 Å². The lowest BCUT2D eigenvalue weighted by Gasteiger charge is -2.36. The van der Waals surface area contributed by atoms with Gasteiger partial charge in [-0.3, -0.25) is 9.59 Å². The zero-order valence-corrected chi connectivity index (χ0v) is 18.7. The van der Waals surface area contributed by atoms with Crippen LogP contribution >= 0.6 is 0 Å². The van der Waals surface area contributed by atoms with Crippen LogP contribution < -0.4 is 10.2 Å². The number of pyridine rings is 1. The highest BCUT2D eigenvalue weighted by molar-refractivity contribution is 5.94. The molecule has 3 heterocycles. The van der Waals surface area contributed by atoms with Crippen LogP contribution in [0.2, 0.25) is 0 Å². The van der Waals surface area contributed by atoms with Crippen molar-refractivity contribution < 1.29 is 9.59 Å². The summed E-state index contributed by atoms with van der Waals surface area (Å²) in [5, 5.41) is 2.91. The van der Waals surface area contributed by atoms with Crippen LogP contribution in [0.4, 0.5) is 5.82 Å². The van der Waals surface area contributed by atoms with E-state index in [-0.39, 0.29) is 23.7 Å². The van der Waals surface area contributed by atoms with Crippen LogP contribution in [0, 0.1) is 12.8 Å². The largest absolute Gasteiger partial charge is 0.355 e. The Labute approximate surface area is 184 Å². The van der Waals surface area contributed by atoms with Gasteiger partial charge >= 0.3 is 0 Å². The van der Waals surface area contributed by atoms with Crippen LogP contribution in [0.3, 0.4) is 0 Å². The average molecular weight is 421 g/mol. The standard InChI is InChI=1S/C25H32N4O2/c1-4-5-19-14-17(2)23(26-16-19)28-10-12-29(13-11-28)25(31)21-8-6-20(7-9-21)22-18(3)15-27-24(22)30/h6-9,14,16,18,22H,4-5,10-13,15H2,1-3H3,(H,27,30)/t18?,22-/m1/s1. The molecule has 0 saturated carbocycles. The van der Waals surface area contributed by atoms with Gasteiger partial charge < -0.3 is 15.1 Å². The van der Waals surface area contributed by atoms with E-state index < -0.39 is 0 Å². The quantitative estimate of drug-likeness (QED) is 0.807. The Hall–Kier alpha value is -2.89. The smallest absolute Gasteiger partial charge is 0.253 e. The van der Waals surface area contributed by atoms with Gasteiger partial charge in [-0.2, -0.15) is 0 Å². The van der Waals surface area contributed by atoms with Crippen molar-refractivity contribution >= 4 is 17.6 Å². The molecule has 0 radical (unpaired) electrons. The molecule has 2 amide bonds. The summed E-state index contributed by atoms with van der Waals surface area (Å²) in [5.41, 5.74) is 4.15. The summed E-state index contributed by atoms with van der Waals surface area (Å²) in [6.45, 7) is 10.0. The summed E-state index contributed by atoms with van der Waals surface area (Å²) in [6, 6.07) is 9.82. The van der Waals surface area contributed by atoms with Crippen LogP contribution in [0.25, 0.3) is 0 Å². The lowest BCUT2D eigenvalue weighted by atomic mass is 9.89. The number of nitrogens with one attached hydrogen (secondary N) is 1. The number of rotatable bonds is 5. The SMILES string of the molecule is CCCc1cnc(N2CCN(C(=O)c3ccc([C@@H]4C(=O)NCC4C)cc3)CC2)c(C)c1. The monoisotopic (exact) mass is 420 g/mol. The zero-order chi connectivity index (χ0) is 22.0. The molecule has 4 rings (SSSR count). The van der Waals surface area contributed by atoms with Crippen LogP contribution in [0.5, 0.6) is 0 Å². The number of aromatic nitrogens is 1. The second-order valence-corrected chi connectivity index (χ2v) is 8.84. The molecular weight excluding hydrogens is 388 g/mol. The van der Waals surface area contributed by atoms with Crippen molar-refractivity contribution in [3.63, 3.8) is 0 Å². The first-order chi connectivity index (χ1) is 15.0. The normalized spacial score (nSPS) is 21.3. The minimum absolute atomic E-state index is 0.0538. The van der Waals surface area contributed by atoms with Gasteiger partial charge in [0.05, 0.1) is 5.92 Å². The minimum Gasteiger partial charge on any atom is -0.355 e. The van der Waals surface area contributed by atoms with Gasteiger partial charge in [0.15, 0.2) is 0 Å². The Bertz CT molecular complexity index is 948. The van der Waals surface area contributed by atoms with E-state index in [0.29, 0.717) is 25.2 Å². The van der Waals surface area contributed by atoms with E-state index in [1.165, 1.54) is 11.1 Å². The molecule has 2 saturated heterocycles. The molecule has 2 aliphatic heterocycles. The Morgan fingerprint density at radius 3 is 2.45 bits per heavy atom. The number of aryl methyl sites for hydroxylation is 2. The van der Waals surface area contributed by atoms with E-state index in [4.69, 9.17) is 4.98 Å². The number of carbonyl (C=O) groups is 2. The molecule has 2 aliphatic rings. The fraction of sp³-hybridized carbons (Fsp3) is 0.480. The van der Waals surface area contributed by atoms with Gasteiger partial charge in [0.2, 0.25) is 5.91 Å². The molecule has 164 valence electrons. The zero-order valence-electron chi connectivity index (χ0n) is 18.7. The minimum atomic E-state index is -0.118. The number of carbonyl (C=O) groups excluding carboxylic acids is 2. The molecule has 2 aromatic rings. The fourth-order valence-electron chi connectivity index (χ4n) is 4.75. The first kappa shape index (κ1) is 21.3. The third-order valence-electron chi connectivity index (χ3n) is 6.48. The molecule has 1 N–H and O–H groups in total. The number of anilines is 1. The summed E-state index contributed by atoms with van der Waals surface area (Å²) in [4.78, 5) is 34.0. The summed E-state index contributed by atoms with van der Waals surface area (Å²) < 4.78 is 0. The Balaban J connectivity index is 1.38. The van der Waals surface area contributed by atoms with E-state index >= 15 is 0 Å². The van der Waals surface area contributed by atoms with Crippen LogP contribution in [-0.4, -0.2) is 54.4 Å². The lowest BCUT2D eigenvalue weighted by Crippen LogP contribution is -2.49. The second kappa shape index (κ2) is 9.08. The van der Waals surface area contributed by atoms with E-state index in [1.807, 2.05) is 35.4 Å². The molecule has 0 spiro atoms. The van der Waals surface area contributed by atoms with Crippen LogP contribution in [0.1, 0.15) is 53.2 Å². The molecule has 6 heteroatoms. The Morgan fingerprint density at radius 1 is 1.16 bits per heavy atom. The highest BCUT2D eigenvalue weighted by Gasteiger charge is 2.33. The fourth-order valence-corrected chi connectivity index (χ4v) is 4.75. The Kier molecular flexibility index (Phi) is 6.25. The molecule has 1 aromatic heterocycles. The molecule has 2 atom stereocenters. The van der Waals surface area contributed by atoms with Crippen molar-refractivity contribution in [3.8, 4) is 0 Å². The summed E-state index contributed by atoms with van der Waals surface area (Å²) in [6.07, 6.45) is 4.16. The van der Waals surface area contributed by atoms with Crippen LogP contribution in [-0.2, 0) is 11.2 Å². The molecule has 0 bridgehead atoms. The predicted molar refractivity (Wildman–Crippen MR) is 122 cm³/mol. The molecule has 1 aromatic carbocycles. The van der Waals surface area contributed by atoms with Gasteiger partial charge in [0.25, 0.3) is 5.91 Å². The highest BCUT2D eigenvalue weighted by atomic mass is 16.2. The molecule has 6 nitrogen and oxygen atoms in total. The molecule has 31 heavy (non-hydrogen) atoms. The van der Waals surface area contributed by atoms with Crippen molar-refractivity contribution in [2.75, 3.05) is 37.6 Å². The first-order valence-electron chi connectivity index (χ1n) is 11.4. The number of hydrogen-bond donors (Lipinski definition) is 1. The number of nitrogens with zero attached hydrogens (tertiary/aromatic N) is 3. The maximum atomic E-state index is 13.0.